The van der Waals surface area contributed by atoms with E-state index in [9.17, 15) is 8.42 Å². The van der Waals surface area contributed by atoms with Crippen molar-refractivity contribution < 1.29 is 8.42 Å². The Labute approximate surface area is 125 Å². The summed E-state index contributed by atoms with van der Waals surface area (Å²) < 4.78 is 24.7. The summed E-state index contributed by atoms with van der Waals surface area (Å²) in [6.07, 6.45) is 3.09. The lowest BCUT2D eigenvalue weighted by Crippen LogP contribution is -2.48. The van der Waals surface area contributed by atoms with Crippen LogP contribution in [0.4, 0.5) is 5.69 Å². The molecule has 0 spiro atoms. The van der Waals surface area contributed by atoms with Crippen LogP contribution in [0.25, 0.3) is 10.9 Å². The van der Waals surface area contributed by atoms with Gasteiger partial charge in [-0.15, -0.1) is 0 Å². The Morgan fingerprint density at radius 1 is 1.10 bits per heavy atom. The van der Waals surface area contributed by atoms with Gasteiger partial charge in [-0.25, -0.2) is 8.42 Å². The van der Waals surface area contributed by atoms with Gasteiger partial charge in [-0.3, -0.25) is 4.98 Å². The van der Waals surface area contributed by atoms with Crippen LogP contribution in [0.2, 0.25) is 0 Å². The monoisotopic (exact) mass is 305 g/mol. The zero-order valence-corrected chi connectivity index (χ0v) is 13.1. The topological polar surface area (TPSA) is 53.5 Å². The van der Waals surface area contributed by atoms with E-state index in [1.807, 2.05) is 18.3 Å². The summed E-state index contributed by atoms with van der Waals surface area (Å²) in [5.74, 6) is 0. The number of nitrogens with zero attached hydrogens (tertiary/aromatic N) is 3. The molecule has 1 aliphatic rings. The molecule has 2 aromatic rings. The molecule has 1 aromatic carbocycles. The normalized spacial score (nSPS) is 17.3. The largest absolute Gasteiger partial charge is 0.368 e. The van der Waals surface area contributed by atoms with Crippen LogP contribution in [0, 0.1) is 6.92 Å². The van der Waals surface area contributed by atoms with Crippen molar-refractivity contribution >= 4 is 26.6 Å². The fraction of sp³-hybridized carbons (Fsp3) is 0.400. The number of aromatic nitrogens is 1. The average molecular weight is 305 g/mol. The highest BCUT2D eigenvalue weighted by Crippen LogP contribution is 2.27. The van der Waals surface area contributed by atoms with Crippen molar-refractivity contribution in [3.05, 3.63) is 36.0 Å². The summed E-state index contributed by atoms with van der Waals surface area (Å²) in [5, 5.41) is 1.13. The molecule has 0 aliphatic carbocycles. The van der Waals surface area contributed by atoms with Gasteiger partial charge < -0.3 is 4.90 Å². The summed E-state index contributed by atoms with van der Waals surface area (Å²) in [7, 11) is -3.09. The van der Waals surface area contributed by atoms with Gasteiger partial charge in [-0.2, -0.15) is 4.31 Å². The number of benzene rings is 1. The van der Waals surface area contributed by atoms with Gasteiger partial charge in [0.05, 0.1) is 11.8 Å². The lowest BCUT2D eigenvalue weighted by atomic mass is 10.1. The van der Waals surface area contributed by atoms with Gasteiger partial charge >= 0.3 is 0 Å². The number of aryl methyl sites for hydroxylation is 1. The highest BCUT2D eigenvalue weighted by atomic mass is 32.2. The van der Waals surface area contributed by atoms with E-state index in [1.165, 1.54) is 16.1 Å². The van der Waals surface area contributed by atoms with Gasteiger partial charge in [0.15, 0.2) is 0 Å². The molecule has 112 valence electrons. The fourth-order valence-corrected chi connectivity index (χ4v) is 3.61. The molecule has 0 unspecified atom stereocenters. The lowest BCUT2D eigenvalue weighted by Gasteiger charge is -2.35. The van der Waals surface area contributed by atoms with E-state index in [1.54, 1.807) is 0 Å². The van der Waals surface area contributed by atoms with Gasteiger partial charge in [0, 0.05) is 43.4 Å². The number of sulfonamides is 1. The number of fused-ring (bicyclic) bond motifs is 1. The first-order chi connectivity index (χ1) is 9.95. The SMILES string of the molecule is Cc1ccc2nccc(N3CCN(S(C)(=O)=O)CC3)c2c1. The minimum Gasteiger partial charge on any atom is -0.368 e. The molecule has 21 heavy (non-hydrogen) atoms. The van der Waals surface area contributed by atoms with E-state index in [2.05, 4.69) is 28.9 Å². The van der Waals surface area contributed by atoms with Gasteiger partial charge in [0.25, 0.3) is 0 Å². The van der Waals surface area contributed by atoms with Crippen LogP contribution in [-0.4, -0.2) is 50.1 Å². The van der Waals surface area contributed by atoms with E-state index in [0.29, 0.717) is 26.2 Å². The van der Waals surface area contributed by atoms with Crippen LogP contribution in [0.1, 0.15) is 5.56 Å². The Morgan fingerprint density at radius 2 is 1.81 bits per heavy atom. The maximum Gasteiger partial charge on any atom is 0.211 e. The van der Waals surface area contributed by atoms with Crippen molar-refractivity contribution in [3.8, 4) is 0 Å². The molecule has 1 aliphatic heterocycles. The molecule has 0 bridgehead atoms. The molecule has 5 nitrogen and oxygen atoms in total. The average Bonchev–Trinajstić information content (AvgIpc) is 2.46. The quantitative estimate of drug-likeness (QED) is 0.846. The van der Waals surface area contributed by atoms with Crippen LogP contribution in [0.5, 0.6) is 0 Å². The van der Waals surface area contributed by atoms with Crippen LogP contribution >= 0.6 is 0 Å². The number of rotatable bonds is 2. The van der Waals surface area contributed by atoms with Crippen molar-refractivity contribution in [2.24, 2.45) is 0 Å². The Balaban J connectivity index is 1.91. The minimum absolute atomic E-state index is 0.536. The molecule has 2 heterocycles. The maximum atomic E-state index is 11.6. The van der Waals surface area contributed by atoms with Crippen molar-refractivity contribution in [2.45, 2.75) is 6.92 Å². The molecule has 0 radical (unpaired) electrons. The van der Waals surface area contributed by atoms with Crippen molar-refractivity contribution in [3.63, 3.8) is 0 Å². The zero-order chi connectivity index (χ0) is 15.0. The third-order valence-electron chi connectivity index (χ3n) is 3.92. The first-order valence-electron chi connectivity index (χ1n) is 7.00. The molecule has 0 saturated carbocycles. The van der Waals surface area contributed by atoms with E-state index in [4.69, 9.17) is 0 Å². The number of hydrogen-bond acceptors (Lipinski definition) is 4. The predicted molar refractivity (Wildman–Crippen MR) is 85.1 cm³/mol. The summed E-state index contributed by atoms with van der Waals surface area (Å²) in [5.41, 5.74) is 3.31. The second-order valence-electron chi connectivity index (χ2n) is 5.50. The standard InChI is InChI=1S/C15H19N3O2S/c1-12-3-4-14-13(11-12)15(5-6-16-14)17-7-9-18(10-8-17)21(2,19)20/h3-6,11H,7-10H2,1-2H3. The first kappa shape index (κ1) is 14.3. The Hall–Kier alpha value is -1.66. The molecule has 1 aromatic heterocycles. The smallest absolute Gasteiger partial charge is 0.211 e. The van der Waals surface area contributed by atoms with Gasteiger partial charge in [0.2, 0.25) is 10.0 Å². The number of hydrogen-bond donors (Lipinski definition) is 0. The van der Waals surface area contributed by atoms with Crippen molar-refractivity contribution in [1.82, 2.24) is 9.29 Å². The number of pyridine rings is 1. The summed E-state index contributed by atoms with van der Waals surface area (Å²) in [6.45, 7) is 4.56. The van der Waals surface area contributed by atoms with Gasteiger partial charge in [-0.05, 0) is 25.1 Å². The molecular weight excluding hydrogens is 286 g/mol. The second-order valence-corrected chi connectivity index (χ2v) is 7.48. The third kappa shape index (κ3) is 2.87. The Bertz CT molecular complexity index is 766. The van der Waals surface area contributed by atoms with E-state index < -0.39 is 10.0 Å². The predicted octanol–water partition coefficient (Wildman–Crippen LogP) is 1.62. The highest BCUT2D eigenvalue weighted by Gasteiger charge is 2.24. The number of anilines is 1. The number of piperazine rings is 1. The highest BCUT2D eigenvalue weighted by molar-refractivity contribution is 7.88. The molecule has 0 amide bonds. The van der Waals surface area contributed by atoms with Gasteiger partial charge in [-0.1, -0.05) is 11.6 Å². The summed E-state index contributed by atoms with van der Waals surface area (Å²) in [6, 6.07) is 8.24. The molecule has 1 saturated heterocycles. The van der Waals surface area contributed by atoms with Crippen LogP contribution in [0.15, 0.2) is 30.5 Å². The minimum atomic E-state index is -3.09. The maximum absolute atomic E-state index is 11.6. The fourth-order valence-electron chi connectivity index (χ4n) is 2.78. The molecule has 0 atom stereocenters. The Kier molecular flexibility index (Phi) is 3.59. The summed E-state index contributed by atoms with van der Waals surface area (Å²) >= 11 is 0. The van der Waals surface area contributed by atoms with E-state index in [-0.39, 0.29) is 0 Å². The van der Waals surface area contributed by atoms with E-state index >= 15 is 0 Å². The second kappa shape index (κ2) is 5.27. The van der Waals surface area contributed by atoms with Crippen molar-refractivity contribution in [2.75, 3.05) is 37.3 Å². The zero-order valence-electron chi connectivity index (χ0n) is 12.3. The third-order valence-corrected chi connectivity index (χ3v) is 5.23. The molecule has 1 fully saturated rings. The van der Waals surface area contributed by atoms with Gasteiger partial charge in [0.1, 0.15) is 0 Å². The van der Waals surface area contributed by atoms with Crippen molar-refractivity contribution in [1.29, 1.82) is 0 Å². The molecular formula is C15H19N3O2S. The van der Waals surface area contributed by atoms with Crippen LogP contribution in [-0.2, 0) is 10.0 Å². The van der Waals surface area contributed by atoms with Crippen LogP contribution in [0.3, 0.4) is 0 Å². The van der Waals surface area contributed by atoms with E-state index in [0.717, 1.165) is 16.6 Å². The molecule has 0 N–H and O–H groups in total. The molecule has 3 rings (SSSR count). The Morgan fingerprint density at radius 3 is 2.48 bits per heavy atom. The van der Waals surface area contributed by atoms with Crippen LogP contribution < -0.4 is 4.90 Å². The lowest BCUT2D eigenvalue weighted by molar-refractivity contribution is 0.388. The first-order valence-corrected chi connectivity index (χ1v) is 8.85. The molecule has 6 heteroatoms. The summed E-state index contributed by atoms with van der Waals surface area (Å²) in [4.78, 5) is 6.64.